The van der Waals surface area contributed by atoms with E-state index < -0.39 is 90.1 Å². The lowest BCUT2D eigenvalue weighted by molar-refractivity contribution is -0.150. The number of nitrogens with one attached hydrogen (secondary N) is 3. The number of rotatable bonds is 17. The number of likely N-dealkylation sites (tertiary alicyclic amines) is 2. The third-order valence-electron chi connectivity index (χ3n) is 9.79. The Hall–Kier alpha value is -5.51. The van der Waals surface area contributed by atoms with Gasteiger partial charge in [-0.15, -0.1) is 0 Å². The van der Waals surface area contributed by atoms with E-state index in [1.807, 2.05) is 0 Å². The van der Waals surface area contributed by atoms with Gasteiger partial charge in [0.1, 0.15) is 36.0 Å². The molecule has 2 heterocycles. The standard InChI is InChI=1S/C38H50N6O10/c1-22(2)32(35(50)40-27(16-17-31(46)47)37(52)44-19-7-11-30(44)38(53)54)42-33(48)28(21-23-8-4-3-5-9-23)41-34(49)29-10-6-18-43(29)36(51)26(39)20-24-12-14-25(45)15-13-24/h3-5,8-9,12-15,22,26-30,32,45H,6-7,10-11,16-21,39H2,1-2H3,(H,40,50)(H,41,49)(H,42,48)(H,46,47)(H,53,54)/t26-,27+,28+,29-,30+,32-/m1/s1. The molecule has 292 valence electrons. The van der Waals surface area contributed by atoms with Crippen molar-refractivity contribution in [3.63, 3.8) is 0 Å². The van der Waals surface area contributed by atoms with E-state index in [2.05, 4.69) is 16.0 Å². The van der Waals surface area contributed by atoms with E-state index in [4.69, 9.17) is 5.73 Å². The predicted octanol–water partition coefficient (Wildman–Crippen LogP) is 0.547. The highest BCUT2D eigenvalue weighted by Crippen LogP contribution is 2.22. The molecule has 2 aromatic rings. The molecule has 2 saturated heterocycles. The van der Waals surface area contributed by atoms with Crippen molar-refractivity contribution in [2.75, 3.05) is 13.1 Å². The SMILES string of the molecule is CC(C)[C@@H](NC(=O)[C@H](Cc1ccccc1)NC(=O)[C@H]1CCCN1C(=O)[C@H](N)Cc1ccc(O)cc1)C(=O)N[C@@H](CCC(=O)O)C(=O)N1CCC[C@H]1C(=O)O. The van der Waals surface area contributed by atoms with Gasteiger partial charge in [-0.25, -0.2) is 4.79 Å². The Balaban J connectivity index is 1.50. The van der Waals surface area contributed by atoms with Crippen LogP contribution in [0, 0.1) is 5.92 Å². The Morgan fingerprint density at radius 2 is 1.33 bits per heavy atom. The van der Waals surface area contributed by atoms with Crippen LogP contribution in [0.25, 0.3) is 0 Å². The highest BCUT2D eigenvalue weighted by Gasteiger charge is 2.40. The number of carboxylic acid groups (broad SMARTS) is 2. The van der Waals surface area contributed by atoms with Crippen molar-refractivity contribution in [2.45, 2.75) is 101 Å². The first kappa shape index (κ1) is 41.2. The average molecular weight is 751 g/mol. The monoisotopic (exact) mass is 750 g/mol. The van der Waals surface area contributed by atoms with Gasteiger partial charge in [-0.2, -0.15) is 0 Å². The molecule has 0 aliphatic carbocycles. The van der Waals surface area contributed by atoms with Gasteiger partial charge in [0.2, 0.25) is 29.5 Å². The van der Waals surface area contributed by atoms with Gasteiger partial charge < -0.3 is 46.8 Å². The van der Waals surface area contributed by atoms with E-state index in [-0.39, 0.29) is 44.5 Å². The number of carbonyl (C=O) groups is 7. The Morgan fingerprint density at radius 1 is 0.741 bits per heavy atom. The highest BCUT2D eigenvalue weighted by molar-refractivity contribution is 5.97. The van der Waals surface area contributed by atoms with Gasteiger partial charge in [-0.1, -0.05) is 56.3 Å². The van der Waals surface area contributed by atoms with Crippen LogP contribution in [0.2, 0.25) is 0 Å². The number of amides is 5. The molecule has 0 bridgehead atoms. The van der Waals surface area contributed by atoms with Gasteiger partial charge in [-0.05, 0) is 67.7 Å². The number of carbonyl (C=O) groups excluding carboxylic acids is 5. The number of nitrogens with zero attached hydrogens (tertiary/aromatic N) is 2. The summed E-state index contributed by atoms with van der Waals surface area (Å²) in [6.07, 6.45) is 0.969. The number of hydrogen-bond donors (Lipinski definition) is 7. The van der Waals surface area contributed by atoms with Gasteiger partial charge in [0.05, 0.1) is 6.04 Å². The molecule has 0 radical (unpaired) electrons. The van der Waals surface area contributed by atoms with E-state index in [0.717, 1.165) is 10.5 Å². The quantitative estimate of drug-likeness (QED) is 0.118. The van der Waals surface area contributed by atoms with E-state index in [9.17, 15) is 48.9 Å². The fraction of sp³-hybridized carbons (Fsp3) is 0.500. The number of phenols is 1. The van der Waals surface area contributed by atoms with Crippen molar-refractivity contribution in [3.05, 3.63) is 65.7 Å². The molecule has 4 rings (SSSR count). The zero-order valence-corrected chi connectivity index (χ0v) is 30.5. The number of benzene rings is 2. The molecule has 2 aliphatic heterocycles. The molecule has 16 heteroatoms. The molecular formula is C38H50N6O10. The second-order valence-electron chi connectivity index (χ2n) is 14.2. The molecule has 2 aromatic carbocycles. The van der Waals surface area contributed by atoms with E-state index in [1.165, 1.54) is 17.0 Å². The molecule has 2 fully saturated rings. The van der Waals surface area contributed by atoms with E-state index in [0.29, 0.717) is 24.8 Å². The van der Waals surface area contributed by atoms with Crippen molar-refractivity contribution in [1.29, 1.82) is 0 Å². The number of carboxylic acids is 2. The van der Waals surface area contributed by atoms with E-state index in [1.54, 1.807) is 56.3 Å². The lowest BCUT2D eigenvalue weighted by Gasteiger charge is -2.31. The fourth-order valence-electron chi connectivity index (χ4n) is 6.88. The largest absolute Gasteiger partial charge is 0.508 e. The van der Waals surface area contributed by atoms with Crippen LogP contribution in [-0.4, -0.2) is 116 Å². The third-order valence-corrected chi connectivity index (χ3v) is 9.79. The van der Waals surface area contributed by atoms with Gasteiger partial charge >= 0.3 is 11.9 Å². The lowest BCUT2D eigenvalue weighted by atomic mass is 9.99. The summed E-state index contributed by atoms with van der Waals surface area (Å²) in [7, 11) is 0. The first-order valence-corrected chi connectivity index (χ1v) is 18.2. The molecule has 2 aliphatic rings. The second kappa shape index (κ2) is 19.0. The molecule has 0 aromatic heterocycles. The molecular weight excluding hydrogens is 700 g/mol. The predicted molar refractivity (Wildman–Crippen MR) is 195 cm³/mol. The fourth-order valence-corrected chi connectivity index (χ4v) is 6.88. The summed E-state index contributed by atoms with van der Waals surface area (Å²) in [4.78, 5) is 94.2. The number of nitrogens with two attached hydrogens (primary N) is 1. The summed E-state index contributed by atoms with van der Waals surface area (Å²) < 4.78 is 0. The van der Waals surface area contributed by atoms with Gasteiger partial charge in [0.25, 0.3) is 0 Å². The number of hydrogen-bond acceptors (Lipinski definition) is 9. The normalized spacial score (nSPS) is 19.0. The van der Waals surface area contributed by atoms with Crippen LogP contribution in [0.1, 0.15) is 63.5 Å². The molecule has 54 heavy (non-hydrogen) atoms. The van der Waals surface area contributed by atoms with Gasteiger partial charge in [0.15, 0.2) is 0 Å². The van der Waals surface area contributed by atoms with Gasteiger partial charge in [-0.3, -0.25) is 28.8 Å². The Kier molecular flexibility index (Phi) is 14.5. The molecule has 16 nitrogen and oxygen atoms in total. The average Bonchev–Trinajstić information content (AvgIpc) is 3.84. The minimum absolute atomic E-state index is 0.0388. The summed E-state index contributed by atoms with van der Waals surface area (Å²) in [5.41, 5.74) is 7.71. The highest BCUT2D eigenvalue weighted by atomic mass is 16.4. The molecule has 6 atom stereocenters. The number of aliphatic carboxylic acids is 2. The molecule has 0 spiro atoms. The first-order valence-electron chi connectivity index (χ1n) is 18.2. The molecule has 0 unspecified atom stereocenters. The van der Waals surface area contributed by atoms with Crippen molar-refractivity contribution >= 4 is 41.5 Å². The molecule has 0 saturated carbocycles. The summed E-state index contributed by atoms with van der Waals surface area (Å²) in [6.45, 7) is 3.74. The molecule has 5 amide bonds. The van der Waals surface area contributed by atoms with Crippen LogP contribution < -0.4 is 21.7 Å². The summed E-state index contributed by atoms with van der Waals surface area (Å²) in [5, 5.41) is 36.6. The van der Waals surface area contributed by atoms with Crippen LogP contribution in [-0.2, 0) is 46.4 Å². The Morgan fingerprint density at radius 3 is 1.93 bits per heavy atom. The van der Waals surface area contributed by atoms with Gasteiger partial charge in [0, 0.05) is 25.9 Å². The smallest absolute Gasteiger partial charge is 0.326 e. The summed E-state index contributed by atoms with van der Waals surface area (Å²) in [6, 6.07) is 8.43. The van der Waals surface area contributed by atoms with Crippen LogP contribution in [0.4, 0.5) is 0 Å². The van der Waals surface area contributed by atoms with Crippen molar-refractivity contribution in [2.24, 2.45) is 11.7 Å². The maximum atomic E-state index is 14.0. The Labute approximate surface area is 313 Å². The molecule has 8 N–H and O–H groups in total. The van der Waals surface area contributed by atoms with Crippen molar-refractivity contribution in [1.82, 2.24) is 25.8 Å². The minimum atomic E-state index is -1.36. The summed E-state index contributed by atoms with van der Waals surface area (Å²) in [5.74, 6) is -6.10. The lowest BCUT2D eigenvalue weighted by Crippen LogP contribution is -2.60. The van der Waals surface area contributed by atoms with Crippen molar-refractivity contribution < 1.29 is 48.9 Å². The number of phenolic OH excluding ortho intramolecular Hbond substituents is 1. The van der Waals surface area contributed by atoms with Crippen LogP contribution in [0.15, 0.2) is 54.6 Å². The zero-order valence-electron chi connectivity index (χ0n) is 30.5. The maximum absolute atomic E-state index is 14.0. The van der Waals surface area contributed by atoms with Crippen LogP contribution >= 0.6 is 0 Å². The number of aromatic hydroxyl groups is 1. The Bertz CT molecular complexity index is 1670. The maximum Gasteiger partial charge on any atom is 0.326 e. The van der Waals surface area contributed by atoms with Crippen LogP contribution in [0.3, 0.4) is 0 Å². The van der Waals surface area contributed by atoms with Crippen LogP contribution in [0.5, 0.6) is 5.75 Å². The third kappa shape index (κ3) is 11.0. The minimum Gasteiger partial charge on any atom is -0.508 e. The first-order chi connectivity index (χ1) is 25.7. The second-order valence-corrected chi connectivity index (χ2v) is 14.2. The van der Waals surface area contributed by atoms with E-state index >= 15 is 0 Å². The summed E-state index contributed by atoms with van der Waals surface area (Å²) >= 11 is 0. The topological polar surface area (TPSA) is 249 Å². The zero-order chi connectivity index (χ0) is 39.5. The van der Waals surface area contributed by atoms with Crippen molar-refractivity contribution in [3.8, 4) is 5.75 Å².